The quantitative estimate of drug-likeness (QED) is 0.719. The molecule has 6 heteroatoms. The number of amides is 1. The summed E-state index contributed by atoms with van der Waals surface area (Å²) < 4.78 is 3.62. The zero-order valence-corrected chi connectivity index (χ0v) is 15.0. The van der Waals surface area contributed by atoms with Crippen molar-refractivity contribution < 1.29 is 4.79 Å². The van der Waals surface area contributed by atoms with E-state index in [1.807, 2.05) is 57.3 Å². The Bertz CT molecular complexity index is 847. The number of anilines is 1. The fourth-order valence-electron chi connectivity index (χ4n) is 2.81. The van der Waals surface area contributed by atoms with Crippen LogP contribution in [0, 0.1) is 0 Å². The molecule has 0 radical (unpaired) electrons. The van der Waals surface area contributed by atoms with Gasteiger partial charge < -0.3 is 14.4 Å². The third-order valence-corrected chi connectivity index (χ3v) is 4.21. The molecular weight excluding hydrogens is 314 g/mol. The van der Waals surface area contributed by atoms with E-state index in [1.54, 1.807) is 15.8 Å². The first-order valence-corrected chi connectivity index (χ1v) is 8.14. The number of rotatable bonds is 5. The molecule has 2 heterocycles. The Kier molecular flexibility index (Phi) is 4.61. The molecule has 0 fully saturated rings. The van der Waals surface area contributed by atoms with Crippen LogP contribution < -0.4 is 4.90 Å². The smallest absolute Gasteiger partial charge is 0.259 e. The molecule has 3 aromatic rings. The SMILES string of the molecule is CN(Cc1ccc(N(C)C)cc1)C(=O)c1cnn(C)c1-n1cccc1. The van der Waals surface area contributed by atoms with Crippen LogP contribution in [0.3, 0.4) is 0 Å². The number of carbonyl (C=O) groups is 1. The topological polar surface area (TPSA) is 46.3 Å². The summed E-state index contributed by atoms with van der Waals surface area (Å²) in [7, 11) is 7.67. The molecule has 1 amide bonds. The molecule has 6 nitrogen and oxygen atoms in total. The Morgan fingerprint density at radius 3 is 2.32 bits per heavy atom. The van der Waals surface area contributed by atoms with Crippen molar-refractivity contribution in [1.82, 2.24) is 19.2 Å². The van der Waals surface area contributed by atoms with Crippen LogP contribution in [0.4, 0.5) is 5.69 Å². The van der Waals surface area contributed by atoms with Crippen LogP contribution in [0.2, 0.25) is 0 Å². The van der Waals surface area contributed by atoms with Crippen molar-refractivity contribution in [2.24, 2.45) is 7.05 Å². The van der Waals surface area contributed by atoms with E-state index in [2.05, 4.69) is 34.3 Å². The monoisotopic (exact) mass is 337 g/mol. The Hall–Kier alpha value is -3.02. The van der Waals surface area contributed by atoms with Crippen molar-refractivity contribution in [3.8, 4) is 5.82 Å². The van der Waals surface area contributed by atoms with Crippen LogP contribution in [0.1, 0.15) is 15.9 Å². The summed E-state index contributed by atoms with van der Waals surface area (Å²) in [6, 6.07) is 12.1. The van der Waals surface area contributed by atoms with Crippen molar-refractivity contribution in [2.45, 2.75) is 6.54 Å². The van der Waals surface area contributed by atoms with E-state index in [4.69, 9.17) is 0 Å². The number of hydrogen-bond donors (Lipinski definition) is 0. The minimum atomic E-state index is -0.0477. The van der Waals surface area contributed by atoms with E-state index >= 15 is 0 Å². The average Bonchev–Trinajstić information content (AvgIpc) is 3.23. The molecule has 0 N–H and O–H groups in total. The van der Waals surface area contributed by atoms with Gasteiger partial charge in [0.15, 0.2) is 0 Å². The minimum absolute atomic E-state index is 0.0477. The first kappa shape index (κ1) is 16.8. The molecule has 1 aromatic carbocycles. The highest BCUT2D eigenvalue weighted by Crippen LogP contribution is 2.18. The van der Waals surface area contributed by atoms with Crippen molar-refractivity contribution in [3.05, 3.63) is 66.1 Å². The summed E-state index contributed by atoms with van der Waals surface area (Å²) in [6.45, 7) is 0.548. The van der Waals surface area contributed by atoms with Gasteiger partial charge in [0, 0.05) is 52.8 Å². The molecule has 0 atom stereocenters. The average molecular weight is 337 g/mol. The van der Waals surface area contributed by atoms with E-state index in [1.165, 1.54) is 0 Å². The first-order valence-electron chi connectivity index (χ1n) is 8.14. The van der Waals surface area contributed by atoms with Gasteiger partial charge in [-0.1, -0.05) is 12.1 Å². The number of nitrogens with zero attached hydrogens (tertiary/aromatic N) is 5. The lowest BCUT2D eigenvalue weighted by Gasteiger charge is -2.19. The van der Waals surface area contributed by atoms with Gasteiger partial charge in [0.2, 0.25) is 0 Å². The zero-order valence-electron chi connectivity index (χ0n) is 15.0. The van der Waals surface area contributed by atoms with Gasteiger partial charge in [-0.3, -0.25) is 9.48 Å². The second-order valence-corrected chi connectivity index (χ2v) is 6.32. The van der Waals surface area contributed by atoms with Gasteiger partial charge >= 0.3 is 0 Å². The second kappa shape index (κ2) is 6.84. The molecule has 0 spiro atoms. The Balaban J connectivity index is 1.79. The van der Waals surface area contributed by atoms with Gasteiger partial charge in [-0.05, 0) is 29.8 Å². The lowest BCUT2D eigenvalue weighted by atomic mass is 10.1. The Morgan fingerprint density at radius 2 is 1.72 bits per heavy atom. The Labute approximate surface area is 147 Å². The summed E-state index contributed by atoms with van der Waals surface area (Å²) in [6.07, 6.45) is 5.45. The van der Waals surface area contributed by atoms with Crippen LogP contribution in [-0.4, -0.2) is 46.3 Å². The van der Waals surface area contributed by atoms with Gasteiger partial charge in [0.1, 0.15) is 11.4 Å². The van der Waals surface area contributed by atoms with Gasteiger partial charge in [0.25, 0.3) is 5.91 Å². The molecular formula is C19H23N5O. The number of aryl methyl sites for hydroxylation is 1. The number of carbonyl (C=O) groups excluding carboxylic acids is 1. The van der Waals surface area contributed by atoms with Gasteiger partial charge in [0.05, 0.1) is 6.20 Å². The zero-order chi connectivity index (χ0) is 18.0. The predicted molar refractivity (Wildman–Crippen MR) is 99.1 cm³/mol. The Morgan fingerprint density at radius 1 is 1.08 bits per heavy atom. The summed E-state index contributed by atoms with van der Waals surface area (Å²) in [5.41, 5.74) is 2.82. The van der Waals surface area contributed by atoms with Crippen LogP contribution in [0.25, 0.3) is 5.82 Å². The third-order valence-electron chi connectivity index (χ3n) is 4.21. The van der Waals surface area contributed by atoms with Crippen LogP contribution in [0.15, 0.2) is 55.0 Å². The molecule has 0 bridgehead atoms. The van der Waals surface area contributed by atoms with Crippen LogP contribution in [-0.2, 0) is 13.6 Å². The molecule has 0 aliphatic heterocycles. The maximum atomic E-state index is 12.9. The molecule has 0 aliphatic rings. The van der Waals surface area contributed by atoms with Gasteiger partial charge in [-0.2, -0.15) is 5.10 Å². The second-order valence-electron chi connectivity index (χ2n) is 6.32. The third kappa shape index (κ3) is 3.42. The molecule has 0 saturated heterocycles. The lowest BCUT2D eigenvalue weighted by molar-refractivity contribution is 0.0785. The van der Waals surface area contributed by atoms with E-state index in [9.17, 15) is 4.79 Å². The summed E-state index contributed by atoms with van der Waals surface area (Å²) >= 11 is 0. The number of hydrogen-bond acceptors (Lipinski definition) is 3. The molecule has 3 rings (SSSR count). The maximum Gasteiger partial charge on any atom is 0.259 e. The lowest BCUT2D eigenvalue weighted by Crippen LogP contribution is -2.27. The first-order chi connectivity index (χ1) is 12.0. The molecule has 2 aromatic heterocycles. The molecule has 0 saturated carbocycles. The summed E-state index contributed by atoms with van der Waals surface area (Å²) in [5, 5.41) is 4.26. The van der Waals surface area contributed by atoms with E-state index in [0.29, 0.717) is 12.1 Å². The molecule has 25 heavy (non-hydrogen) atoms. The minimum Gasteiger partial charge on any atom is -0.378 e. The summed E-state index contributed by atoms with van der Waals surface area (Å²) in [5.74, 6) is 0.721. The van der Waals surface area contributed by atoms with E-state index in [0.717, 1.165) is 17.1 Å². The van der Waals surface area contributed by atoms with Crippen LogP contribution >= 0.6 is 0 Å². The number of benzene rings is 1. The number of aromatic nitrogens is 3. The van der Waals surface area contributed by atoms with E-state index < -0.39 is 0 Å². The van der Waals surface area contributed by atoms with Crippen molar-refractivity contribution in [1.29, 1.82) is 0 Å². The fourth-order valence-corrected chi connectivity index (χ4v) is 2.81. The highest BCUT2D eigenvalue weighted by atomic mass is 16.2. The summed E-state index contributed by atoms with van der Waals surface area (Å²) in [4.78, 5) is 16.7. The molecule has 130 valence electrons. The normalized spacial score (nSPS) is 10.7. The largest absolute Gasteiger partial charge is 0.378 e. The van der Waals surface area contributed by atoms with Gasteiger partial charge in [-0.15, -0.1) is 0 Å². The van der Waals surface area contributed by atoms with Crippen LogP contribution in [0.5, 0.6) is 0 Å². The highest BCUT2D eigenvalue weighted by Gasteiger charge is 2.20. The van der Waals surface area contributed by atoms with Gasteiger partial charge in [-0.25, -0.2) is 0 Å². The van der Waals surface area contributed by atoms with E-state index in [-0.39, 0.29) is 5.91 Å². The fraction of sp³-hybridized carbons (Fsp3) is 0.263. The van der Waals surface area contributed by atoms with Crippen molar-refractivity contribution in [3.63, 3.8) is 0 Å². The molecule has 0 aliphatic carbocycles. The predicted octanol–water partition coefficient (Wildman–Crippen LogP) is 2.55. The van der Waals surface area contributed by atoms with Crippen molar-refractivity contribution in [2.75, 3.05) is 26.0 Å². The standard InChI is InChI=1S/C19H23N5O/c1-21(2)16-9-7-15(8-10-16)14-22(3)19(25)17-13-20-23(4)18(17)24-11-5-6-12-24/h5-13H,14H2,1-4H3. The highest BCUT2D eigenvalue weighted by molar-refractivity contribution is 5.96. The van der Waals surface area contributed by atoms with Crippen molar-refractivity contribution >= 4 is 11.6 Å². The molecule has 0 unspecified atom stereocenters. The maximum absolute atomic E-state index is 12.9.